The van der Waals surface area contributed by atoms with E-state index in [4.69, 9.17) is 14.2 Å². The van der Waals surface area contributed by atoms with Crippen LogP contribution in [0.15, 0.2) is 28.8 Å². The van der Waals surface area contributed by atoms with E-state index in [1.54, 1.807) is 0 Å². The van der Waals surface area contributed by atoms with Gasteiger partial charge in [-0.1, -0.05) is 21.5 Å². The molecule has 0 radical (unpaired) electrons. The zero-order valence-corrected chi connectivity index (χ0v) is 11.4. The molecular formula is C13H15BrO3. The molecule has 0 fully saturated rings. The Labute approximate surface area is 109 Å². The first kappa shape index (κ1) is 12.5. The fourth-order valence-electron chi connectivity index (χ4n) is 1.50. The Hall–Kier alpha value is -1.00. The van der Waals surface area contributed by atoms with Crippen LogP contribution >= 0.6 is 15.9 Å². The molecule has 0 atom stereocenters. The number of halogens is 1. The first-order chi connectivity index (χ1) is 8.16. The molecule has 1 heterocycles. The summed E-state index contributed by atoms with van der Waals surface area (Å²) in [5, 5.41) is 0. The van der Waals surface area contributed by atoms with Crippen molar-refractivity contribution in [2.24, 2.45) is 0 Å². The van der Waals surface area contributed by atoms with Crippen molar-refractivity contribution < 1.29 is 14.2 Å². The molecule has 4 heteroatoms. The van der Waals surface area contributed by atoms with Gasteiger partial charge in [0, 0.05) is 4.47 Å². The maximum atomic E-state index is 5.58. The van der Waals surface area contributed by atoms with Gasteiger partial charge >= 0.3 is 0 Å². The molecule has 0 spiro atoms. The van der Waals surface area contributed by atoms with E-state index in [0.717, 1.165) is 33.5 Å². The highest BCUT2D eigenvalue weighted by Crippen LogP contribution is 2.37. The minimum absolute atomic E-state index is 0.293. The largest absolute Gasteiger partial charge is 0.454 e. The zero-order chi connectivity index (χ0) is 12.3. The highest BCUT2D eigenvalue weighted by molar-refractivity contribution is 9.10. The van der Waals surface area contributed by atoms with Gasteiger partial charge in [0.25, 0.3) is 0 Å². The first-order valence-electron chi connectivity index (χ1n) is 5.47. The van der Waals surface area contributed by atoms with Gasteiger partial charge in [0.15, 0.2) is 11.5 Å². The van der Waals surface area contributed by atoms with E-state index in [9.17, 15) is 0 Å². The summed E-state index contributed by atoms with van der Waals surface area (Å²) < 4.78 is 17.2. The minimum Gasteiger partial charge on any atom is -0.454 e. The van der Waals surface area contributed by atoms with Crippen LogP contribution in [0.3, 0.4) is 0 Å². The smallest absolute Gasteiger partial charge is 0.231 e. The number of rotatable bonds is 5. The molecule has 17 heavy (non-hydrogen) atoms. The van der Waals surface area contributed by atoms with Crippen LogP contribution in [0.25, 0.3) is 0 Å². The van der Waals surface area contributed by atoms with Crippen LogP contribution in [0.1, 0.15) is 18.9 Å². The number of hydrogen-bond donors (Lipinski definition) is 0. The van der Waals surface area contributed by atoms with Crippen LogP contribution in [-0.4, -0.2) is 13.4 Å². The number of fused-ring (bicyclic) bond motifs is 1. The van der Waals surface area contributed by atoms with Crippen molar-refractivity contribution in [1.82, 2.24) is 0 Å². The number of benzene rings is 1. The summed E-state index contributed by atoms with van der Waals surface area (Å²) in [7, 11) is 0. The third kappa shape index (κ3) is 3.23. The minimum atomic E-state index is 0.293. The molecule has 0 saturated carbocycles. The summed E-state index contributed by atoms with van der Waals surface area (Å²) in [5.74, 6) is 1.56. The third-order valence-electron chi connectivity index (χ3n) is 2.47. The second-order valence-corrected chi connectivity index (χ2v) is 4.91. The molecule has 92 valence electrons. The maximum Gasteiger partial charge on any atom is 0.231 e. The van der Waals surface area contributed by atoms with Crippen molar-refractivity contribution in [2.75, 3.05) is 13.4 Å². The normalized spacial score (nSPS) is 12.8. The fraction of sp³-hybridized carbons (Fsp3) is 0.385. The third-order valence-corrected chi connectivity index (χ3v) is 3.21. The van der Waals surface area contributed by atoms with Gasteiger partial charge in [-0.3, -0.25) is 0 Å². The van der Waals surface area contributed by atoms with Gasteiger partial charge < -0.3 is 14.2 Å². The highest BCUT2D eigenvalue weighted by atomic mass is 79.9. The summed E-state index contributed by atoms with van der Waals surface area (Å²) in [6.07, 6.45) is 0.891. The Morgan fingerprint density at radius 1 is 1.41 bits per heavy atom. The van der Waals surface area contributed by atoms with E-state index in [2.05, 4.69) is 22.5 Å². The predicted octanol–water partition coefficient (Wildman–Crippen LogP) is 3.66. The molecule has 0 aromatic heterocycles. The van der Waals surface area contributed by atoms with Crippen LogP contribution in [0.2, 0.25) is 0 Å². The van der Waals surface area contributed by atoms with Crippen LogP contribution in [-0.2, 0) is 11.3 Å². The van der Waals surface area contributed by atoms with E-state index in [1.807, 2.05) is 19.1 Å². The Balaban J connectivity index is 1.94. The van der Waals surface area contributed by atoms with Crippen LogP contribution < -0.4 is 9.47 Å². The van der Waals surface area contributed by atoms with Crippen LogP contribution in [0, 0.1) is 0 Å². The van der Waals surface area contributed by atoms with Crippen molar-refractivity contribution in [1.29, 1.82) is 0 Å². The van der Waals surface area contributed by atoms with Gasteiger partial charge in [-0.15, -0.1) is 6.58 Å². The molecule has 0 N–H and O–H groups in total. The zero-order valence-electron chi connectivity index (χ0n) is 9.79. The lowest BCUT2D eigenvalue weighted by Gasteiger charge is -2.07. The van der Waals surface area contributed by atoms with Crippen molar-refractivity contribution in [3.63, 3.8) is 0 Å². The van der Waals surface area contributed by atoms with E-state index in [0.29, 0.717) is 20.0 Å². The lowest BCUT2D eigenvalue weighted by molar-refractivity contribution is 0.123. The Morgan fingerprint density at radius 2 is 2.12 bits per heavy atom. The second kappa shape index (κ2) is 5.56. The highest BCUT2D eigenvalue weighted by Gasteiger charge is 2.16. The van der Waals surface area contributed by atoms with Gasteiger partial charge in [-0.05, 0) is 31.0 Å². The Morgan fingerprint density at radius 3 is 2.82 bits per heavy atom. The average molecular weight is 299 g/mol. The molecule has 0 bridgehead atoms. The van der Waals surface area contributed by atoms with Gasteiger partial charge in [0.05, 0.1) is 13.2 Å². The number of ether oxygens (including phenoxy) is 3. The average Bonchev–Trinajstić information content (AvgIpc) is 2.71. The molecule has 0 amide bonds. The molecule has 0 unspecified atom stereocenters. The van der Waals surface area contributed by atoms with Gasteiger partial charge in [-0.25, -0.2) is 0 Å². The summed E-state index contributed by atoms with van der Waals surface area (Å²) in [4.78, 5) is 0. The maximum absolute atomic E-state index is 5.58. The lowest BCUT2D eigenvalue weighted by atomic mass is 10.2. The van der Waals surface area contributed by atoms with Gasteiger partial charge in [0.2, 0.25) is 6.79 Å². The molecule has 0 saturated heterocycles. The molecule has 1 aliphatic heterocycles. The van der Waals surface area contributed by atoms with E-state index in [1.165, 1.54) is 0 Å². The molecule has 1 aromatic carbocycles. The summed E-state index contributed by atoms with van der Waals surface area (Å²) in [5.41, 5.74) is 2.20. The molecule has 1 aliphatic rings. The topological polar surface area (TPSA) is 27.7 Å². The van der Waals surface area contributed by atoms with Gasteiger partial charge in [-0.2, -0.15) is 0 Å². The van der Waals surface area contributed by atoms with Crippen LogP contribution in [0.4, 0.5) is 0 Å². The molecule has 3 nitrogen and oxygen atoms in total. The molecule has 0 aliphatic carbocycles. The Kier molecular flexibility index (Phi) is 4.07. The second-order valence-electron chi connectivity index (χ2n) is 4.06. The summed E-state index contributed by atoms with van der Waals surface area (Å²) >= 11 is 3.50. The van der Waals surface area contributed by atoms with Crippen molar-refractivity contribution in [3.05, 3.63) is 34.3 Å². The van der Waals surface area contributed by atoms with Crippen molar-refractivity contribution in [2.45, 2.75) is 20.0 Å². The van der Waals surface area contributed by atoms with E-state index >= 15 is 0 Å². The van der Waals surface area contributed by atoms with Crippen molar-refractivity contribution >= 4 is 15.9 Å². The Bertz CT molecular complexity index is 429. The molecule has 1 aromatic rings. The van der Waals surface area contributed by atoms with E-state index in [-0.39, 0.29) is 0 Å². The summed E-state index contributed by atoms with van der Waals surface area (Å²) in [6, 6.07) is 3.87. The lowest BCUT2D eigenvalue weighted by Crippen LogP contribution is -1.97. The quantitative estimate of drug-likeness (QED) is 0.613. The van der Waals surface area contributed by atoms with E-state index < -0.39 is 0 Å². The van der Waals surface area contributed by atoms with Gasteiger partial charge in [0.1, 0.15) is 0 Å². The first-order valence-corrected chi connectivity index (χ1v) is 6.26. The van der Waals surface area contributed by atoms with Crippen molar-refractivity contribution in [3.8, 4) is 11.5 Å². The SMILES string of the molecule is C=C(C)CCOCc1cc2c(cc1Br)OCO2. The molecular weight excluding hydrogens is 284 g/mol. The number of hydrogen-bond acceptors (Lipinski definition) is 3. The molecule has 2 rings (SSSR count). The standard InChI is InChI=1S/C13H15BrO3/c1-9(2)3-4-15-7-10-5-12-13(6-11(10)14)17-8-16-12/h5-6H,1,3-4,7-8H2,2H3. The summed E-state index contributed by atoms with van der Waals surface area (Å²) in [6.45, 7) is 7.38. The predicted molar refractivity (Wildman–Crippen MR) is 69.4 cm³/mol. The monoisotopic (exact) mass is 298 g/mol. The van der Waals surface area contributed by atoms with Crippen LogP contribution in [0.5, 0.6) is 11.5 Å². The fourth-order valence-corrected chi connectivity index (χ4v) is 1.94.